The number of aryl methyl sites for hydroxylation is 3. The van der Waals surface area contributed by atoms with Crippen LogP contribution in [0, 0.1) is 20.8 Å². The summed E-state index contributed by atoms with van der Waals surface area (Å²) in [4.78, 5) is 16.3. The Morgan fingerprint density at radius 1 is 1.33 bits per heavy atom. The van der Waals surface area contributed by atoms with Gasteiger partial charge in [-0.3, -0.25) is 4.79 Å². The van der Waals surface area contributed by atoms with Crippen LogP contribution in [-0.2, 0) is 11.2 Å². The number of aromatic nitrogens is 2. The second kappa shape index (κ2) is 5.29. The molecular formula is C15H15N3O2S. The Morgan fingerprint density at radius 3 is 2.86 bits per heavy atom. The van der Waals surface area contributed by atoms with Crippen LogP contribution in [0.25, 0.3) is 11.0 Å². The van der Waals surface area contributed by atoms with E-state index in [1.807, 2.05) is 38.3 Å². The topological polar surface area (TPSA) is 68.0 Å². The molecule has 0 fully saturated rings. The first-order chi connectivity index (χ1) is 10.0. The molecule has 0 unspecified atom stereocenters. The van der Waals surface area contributed by atoms with Crippen molar-refractivity contribution < 1.29 is 9.32 Å². The van der Waals surface area contributed by atoms with Crippen LogP contribution in [-0.4, -0.2) is 16.0 Å². The van der Waals surface area contributed by atoms with Crippen molar-refractivity contribution in [2.24, 2.45) is 0 Å². The van der Waals surface area contributed by atoms with Gasteiger partial charge in [0, 0.05) is 10.8 Å². The number of benzene rings is 1. The van der Waals surface area contributed by atoms with Gasteiger partial charge >= 0.3 is 0 Å². The molecule has 5 nitrogen and oxygen atoms in total. The Balaban J connectivity index is 1.83. The van der Waals surface area contributed by atoms with Gasteiger partial charge in [0.15, 0.2) is 10.7 Å². The minimum atomic E-state index is -0.140. The van der Waals surface area contributed by atoms with Gasteiger partial charge in [0.05, 0.1) is 12.1 Å². The molecule has 2 aromatic heterocycles. The van der Waals surface area contributed by atoms with E-state index in [-0.39, 0.29) is 12.3 Å². The predicted octanol–water partition coefficient (Wildman–Crippen LogP) is 3.39. The van der Waals surface area contributed by atoms with Crippen LogP contribution in [0.15, 0.2) is 22.0 Å². The first-order valence-electron chi connectivity index (χ1n) is 6.60. The van der Waals surface area contributed by atoms with E-state index in [9.17, 15) is 4.79 Å². The summed E-state index contributed by atoms with van der Waals surface area (Å²) in [6.45, 7) is 5.88. The van der Waals surface area contributed by atoms with Crippen LogP contribution in [0.2, 0.25) is 0 Å². The number of nitrogens with one attached hydrogen (secondary N) is 1. The molecule has 3 aromatic rings. The van der Waals surface area contributed by atoms with Crippen molar-refractivity contribution >= 4 is 33.3 Å². The molecule has 0 saturated carbocycles. The second-order valence-electron chi connectivity index (χ2n) is 5.11. The van der Waals surface area contributed by atoms with Gasteiger partial charge < -0.3 is 9.84 Å². The highest BCUT2D eigenvalue weighted by Crippen LogP contribution is 2.24. The van der Waals surface area contributed by atoms with E-state index >= 15 is 0 Å². The average molecular weight is 301 g/mol. The van der Waals surface area contributed by atoms with Gasteiger partial charge in [-0.1, -0.05) is 11.2 Å². The lowest BCUT2D eigenvalue weighted by Crippen LogP contribution is -2.14. The smallest absolute Gasteiger partial charge is 0.232 e. The maximum atomic E-state index is 12.1. The monoisotopic (exact) mass is 301 g/mol. The molecule has 0 saturated heterocycles. The van der Waals surface area contributed by atoms with E-state index in [0.29, 0.717) is 10.8 Å². The van der Waals surface area contributed by atoms with Gasteiger partial charge in [-0.2, -0.15) is 0 Å². The van der Waals surface area contributed by atoms with Crippen LogP contribution in [0.3, 0.4) is 0 Å². The van der Waals surface area contributed by atoms with E-state index in [2.05, 4.69) is 15.5 Å². The Labute approximate surface area is 126 Å². The van der Waals surface area contributed by atoms with E-state index < -0.39 is 0 Å². The first-order valence-corrected chi connectivity index (χ1v) is 7.48. The number of anilines is 1. The highest BCUT2D eigenvalue weighted by atomic mass is 32.1. The Kier molecular flexibility index (Phi) is 3.47. The first kappa shape index (κ1) is 13.8. The second-order valence-corrected chi connectivity index (χ2v) is 5.96. The number of thiazole rings is 1. The van der Waals surface area contributed by atoms with Gasteiger partial charge in [-0.15, -0.1) is 11.3 Å². The number of fused-ring (bicyclic) bond motifs is 1. The van der Waals surface area contributed by atoms with Crippen LogP contribution in [0.4, 0.5) is 5.13 Å². The van der Waals surface area contributed by atoms with Gasteiger partial charge in [0.1, 0.15) is 5.69 Å². The molecule has 1 amide bonds. The Bertz CT molecular complexity index is 820. The molecule has 3 rings (SSSR count). The number of rotatable bonds is 3. The van der Waals surface area contributed by atoms with E-state index in [4.69, 9.17) is 4.52 Å². The zero-order valence-electron chi connectivity index (χ0n) is 12.1. The number of hydrogen-bond donors (Lipinski definition) is 1. The summed E-state index contributed by atoms with van der Waals surface area (Å²) in [6, 6.07) is 4.03. The fourth-order valence-electron chi connectivity index (χ4n) is 2.29. The number of hydrogen-bond acceptors (Lipinski definition) is 5. The zero-order chi connectivity index (χ0) is 15.0. The lowest BCUT2D eigenvalue weighted by Gasteiger charge is -2.00. The summed E-state index contributed by atoms with van der Waals surface area (Å²) < 4.78 is 5.35. The molecule has 0 spiro atoms. The number of carbonyl (C=O) groups is 1. The molecule has 0 aliphatic carbocycles. The van der Waals surface area contributed by atoms with Crippen LogP contribution in [0.5, 0.6) is 0 Å². The number of carbonyl (C=O) groups excluding carboxylic acids is 1. The summed E-state index contributed by atoms with van der Waals surface area (Å²) in [5.41, 5.74) is 4.45. The SMILES string of the molecule is Cc1cc(C)c2onc(CC(=O)Nc3nc(C)cs3)c2c1. The summed E-state index contributed by atoms with van der Waals surface area (Å²) in [7, 11) is 0. The van der Waals surface area contributed by atoms with E-state index in [1.165, 1.54) is 11.3 Å². The number of nitrogens with zero attached hydrogens (tertiary/aromatic N) is 2. The highest BCUT2D eigenvalue weighted by Gasteiger charge is 2.15. The molecule has 0 bridgehead atoms. The minimum Gasteiger partial charge on any atom is -0.356 e. The van der Waals surface area contributed by atoms with Gasteiger partial charge in [0.25, 0.3) is 0 Å². The lowest BCUT2D eigenvalue weighted by atomic mass is 10.1. The zero-order valence-corrected chi connectivity index (χ0v) is 12.9. The molecule has 2 heterocycles. The summed E-state index contributed by atoms with van der Waals surface area (Å²) in [5, 5.41) is 10.2. The normalized spacial score (nSPS) is 11.0. The molecule has 0 aliphatic rings. The average Bonchev–Trinajstić information content (AvgIpc) is 2.97. The third-order valence-electron chi connectivity index (χ3n) is 3.17. The third kappa shape index (κ3) is 2.80. The van der Waals surface area contributed by atoms with Crippen molar-refractivity contribution in [3.05, 3.63) is 40.0 Å². The number of amides is 1. The Hall–Kier alpha value is -2.21. The molecule has 108 valence electrons. The highest BCUT2D eigenvalue weighted by molar-refractivity contribution is 7.13. The quantitative estimate of drug-likeness (QED) is 0.805. The molecule has 0 aliphatic heterocycles. The molecule has 0 radical (unpaired) electrons. The standard InChI is InChI=1S/C15H15N3O2S/c1-8-4-9(2)14-11(5-8)12(18-20-14)6-13(19)17-15-16-10(3)7-21-15/h4-5,7H,6H2,1-3H3,(H,16,17,19). The van der Waals surface area contributed by atoms with E-state index in [0.717, 1.165) is 27.8 Å². The van der Waals surface area contributed by atoms with Crippen molar-refractivity contribution in [3.63, 3.8) is 0 Å². The maximum Gasteiger partial charge on any atom is 0.232 e. The van der Waals surface area contributed by atoms with Crippen molar-refractivity contribution in [1.82, 2.24) is 10.1 Å². The maximum absolute atomic E-state index is 12.1. The van der Waals surface area contributed by atoms with Crippen LogP contribution < -0.4 is 5.32 Å². The van der Waals surface area contributed by atoms with Crippen molar-refractivity contribution in [1.29, 1.82) is 0 Å². The van der Waals surface area contributed by atoms with Gasteiger partial charge in [0.2, 0.25) is 5.91 Å². The molecule has 0 atom stereocenters. The summed E-state index contributed by atoms with van der Waals surface area (Å²) in [5.74, 6) is -0.140. The van der Waals surface area contributed by atoms with Crippen LogP contribution >= 0.6 is 11.3 Å². The molecule has 21 heavy (non-hydrogen) atoms. The minimum absolute atomic E-state index is 0.140. The largest absolute Gasteiger partial charge is 0.356 e. The molecule has 1 aromatic carbocycles. The van der Waals surface area contributed by atoms with Crippen LogP contribution in [0.1, 0.15) is 22.5 Å². The predicted molar refractivity (Wildman–Crippen MR) is 82.7 cm³/mol. The van der Waals surface area contributed by atoms with Crippen molar-refractivity contribution in [2.45, 2.75) is 27.2 Å². The molecule has 1 N–H and O–H groups in total. The van der Waals surface area contributed by atoms with Gasteiger partial charge in [-0.05, 0) is 38.0 Å². The fourth-order valence-corrected chi connectivity index (χ4v) is 3.00. The summed E-state index contributed by atoms with van der Waals surface area (Å²) in [6.07, 6.45) is 0.175. The Morgan fingerprint density at radius 2 is 2.14 bits per heavy atom. The molecule has 6 heteroatoms. The third-order valence-corrected chi connectivity index (χ3v) is 4.05. The molecular weight excluding hydrogens is 286 g/mol. The van der Waals surface area contributed by atoms with Crippen molar-refractivity contribution in [2.75, 3.05) is 5.32 Å². The summed E-state index contributed by atoms with van der Waals surface area (Å²) >= 11 is 1.41. The fraction of sp³-hybridized carbons (Fsp3) is 0.267. The lowest BCUT2D eigenvalue weighted by molar-refractivity contribution is -0.115. The van der Waals surface area contributed by atoms with Crippen molar-refractivity contribution in [3.8, 4) is 0 Å². The van der Waals surface area contributed by atoms with E-state index in [1.54, 1.807) is 0 Å². The van der Waals surface area contributed by atoms with Gasteiger partial charge in [-0.25, -0.2) is 4.98 Å².